The van der Waals surface area contributed by atoms with E-state index >= 15 is 0 Å². The summed E-state index contributed by atoms with van der Waals surface area (Å²) < 4.78 is 5.57. The first-order valence-electron chi connectivity index (χ1n) is 6.60. The lowest BCUT2D eigenvalue weighted by molar-refractivity contribution is 0.0687. The Kier molecular flexibility index (Phi) is 4.87. The predicted molar refractivity (Wildman–Crippen MR) is 71.1 cm³/mol. The number of pyridine rings is 1. The van der Waals surface area contributed by atoms with Crippen LogP contribution in [0.25, 0.3) is 0 Å². The van der Waals surface area contributed by atoms with Crippen molar-refractivity contribution in [2.75, 3.05) is 26.8 Å². The summed E-state index contributed by atoms with van der Waals surface area (Å²) in [5.41, 5.74) is 0.868. The number of carboxylic acid groups (broad SMARTS) is 1. The molecular weight excluding hydrogens is 244 g/mol. The molecule has 0 amide bonds. The van der Waals surface area contributed by atoms with Crippen LogP contribution in [0.3, 0.4) is 0 Å². The highest BCUT2D eigenvalue weighted by atomic mass is 16.5. The average molecular weight is 264 g/mol. The third-order valence-corrected chi connectivity index (χ3v) is 3.20. The Morgan fingerprint density at radius 2 is 2.37 bits per heavy atom. The van der Waals surface area contributed by atoms with E-state index in [0.29, 0.717) is 13.2 Å². The highest BCUT2D eigenvalue weighted by molar-refractivity contribution is 5.86. The molecule has 0 aromatic carbocycles. The van der Waals surface area contributed by atoms with Gasteiger partial charge in [0.15, 0.2) is 5.69 Å². The summed E-state index contributed by atoms with van der Waals surface area (Å²) in [6.07, 6.45) is 4.10. The van der Waals surface area contributed by atoms with Gasteiger partial charge in [0.2, 0.25) is 0 Å². The van der Waals surface area contributed by atoms with Gasteiger partial charge in [-0.05, 0) is 37.4 Å². The zero-order chi connectivity index (χ0) is 13.7. The van der Waals surface area contributed by atoms with Gasteiger partial charge in [0.25, 0.3) is 0 Å². The van der Waals surface area contributed by atoms with Crippen LogP contribution in [-0.4, -0.2) is 47.8 Å². The van der Waals surface area contributed by atoms with Crippen LogP contribution in [-0.2, 0) is 11.3 Å². The Hall–Kier alpha value is -1.46. The minimum absolute atomic E-state index is 0.133. The van der Waals surface area contributed by atoms with E-state index < -0.39 is 5.97 Å². The van der Waals surface area contributed by atoms with Gasteiger partial charge in [-0.3, -0.25) is 4.90 Å². The van der Waals surface area contributed by atoms with Crippen molar-refractivity contribution < 1.29 is 14.6 Å². The molecule has 1 saturated carbocycles. The second-order valence-corrected chi connectivity index (χ2v) is 5.07. The van der Waals surface area contributed by atoms with Gasteiger partial charge >= 0.3 is 5.97 Å². The molecule has 19 heavy (non-hydrogen) atoms. The summed E-state index contributed by atoms with van der Waals surface area (Å²) in [5, 5.41) is 9.05. The molecule has 0 aliphatic heterocycles. The van der Waals surface area contributed by atoms with E-state index in [1.54, 1.807) is 12.1 Å². The molecule has 1 aromatic heterocycles. The maximum Gasteiger partial charge on any atom is 0.354 e. The zero-order valence-corrected chi connectivity index (χ0v) is 11.2. The van der Waals surface area contributed by atoms with Crippen molar-refractivity contribution in [2.45, 2.75) is 19.4 Å². The van der Waals surface area contributed by atoms with E-state index in [4.69, 9.17) is 9.84 Å². The largest absolute Gasteiger partial charge is 0.477 e. The lowest BCUT2D eigenvalue weighted by Gasteiger charge is -2.17. The highest BCUT2D eigenvalue weighted by Gasteiger charge is 2.21. The van der Waals surface area contributed by atoms with Crippen molar-refractivity contribution in [1.82, 2.24) is 9.88 Å². The van der Waals surface area contributed by atoms with Crippen molar-refractivity contribution in [3.63, 3.8) is 0 Å². The smallest absolute Gasteiger partial charge is 0.354 e. The van der Waals surface area contributed by atoms with Crippen LogP contribution in [0.1, 0.15) is 28.9 Å². The number of carboxylic acids is 1. The lowest BCUT2D eigenvalue weighted by atomic mass is 10.2. The molecule has 1 fully saturated rings. The average Bonchev–Trinajstić information content (AvgIpc) is 3.19. The van der Waals surface area contributed by atoms with Crippen molar-refractivity contribution in [2.24, 2.45) is 5.92 Å². The van der Waals surface area contributed by atoms with Gasteiger partial charge in [0, 0.05) is 25.9 Å². The highest BCUT2D eigenvalue weighted by Crippen LogP contribution is 2.28. The summed E-state index contributed by atoms with van der Waals surface area (Å²) in [4.78, 5) is 17.0. The summed E-state index contributed by atoms with van der Waals surface area (Å²) in [7, 11) is 1.96. The summed E-state index contributed by atoms with van der Waals surface area (Å²) in [6, 6.07) is 3.57. The van der Waals surface area contributed by atoms with Gasteiger partial charge in [0.05, 0.1) is 6.61 Å². The van der Waals surface area contributed by atoms with Crippen molar-refractivity contribution in [3.8, 4) is 0 Å². The van der Waals surface area contributed by atoms with Crippen molar-refractivity contribution >= 4 is 5.97 Å². The fourth-order valence-corrected chi connectivity index (χ4v) is 1.88. The van der Waals surface area contributed by atoms with Gasteiger partial charge in [0.1, 0.15) is 0 Å². The number of aromatic nitrogens is 1. The fraction of sp³-hybridized carbons (Fsp3) is 0.571. The second-order valence-electron chi connectivity index (χ2n) is 5.07. The molecule has 1 aliphatic rings. The fourth-order valence-electron chi connectivity index (χ4n) is 1.88. The maximum absolute atomic E-state index is 11.0. The van der Waals surface area contributed by atoms with Gasteiger partial charge in [-0.1, -0.05) is 6.07 Å². The molecule has 0 spiro atoms. The van der Waals surface area contributed by atoms with Crippen LogP contribution < -0.4 is 0 Å². The van der Waals surface area contributed by atoms with E-state index in [1.165, 1.54) is 19.0 Å². The quantitative estimate of drug-likeness (QED) is 0.723. The Morgan fingerprint density at radius 1 is 1.58 bits per heavy atom. The monoisotopic (exact) mass is 264 g/mol. The summed E-state index contributed by atoms with van der Waals surface area (Å²) >= 11 is 0. The van der Waals surface area contributed by atoms with Crippen LogP contribution >= 0.6 is 0 Å². The number of nitrogens with zero attached hydrogens (tertiary/aromatic N) is 2. The van der Waals surface area contributed by atoms with Crippen LogP contribution in [0.2, 0.25) is 0 Å². The van der Waals surface area contributed by atoms with E-state index in [9.17, 15) is 4.79 Å². The normalized spacial score (nSPS) is 14.8. The third kappa shape index (κ3) is 4.61. The third-order valence-electron chi connectivity index (χ3n) is 3.20. The molecule has 0 atom stereocenters. The second kappa shape index (κ2) is 6.63. The van der Waals surface area contributed by atoms with E-state index in [2.05, 4.69) is 9.88 Å². The number of aromatic carboxylic acids is 1. The minimum Gasteiger partial charge on any atom is -0.477 e. The Labute approximate surface area is 113 Å². The van der Waals surface area contributed by atoms with Gasteiger partial charge < -0.3 is 9.84 Å². The van der Waals surface area contributed by atoms with Crippen LogP contribution in [0.5, 0.6) is 0 Å². The molecule has 2 rings (SSSR count). The number of likely N-dealkylation sites (N-methyl/N-ethyl adjacent to an activating group) is 1. The molecule has 0 radical (unpaired) electrons. The first-order valence-corrected chi connectivity index (χ1v) is 6.60. The topological polar surface area (TPSA) is 62.7 Å². The Bertz CT molecular complexity index is 432. The SMILES string of the molecule is CN(CCOCC1CC1)Cc1cccnc1C(=O)O. The molecule has 104 valence electrons. The standard InChI is InChI=1S/C14H20N2O3/c1-16(7-8-19-10-11-4-5-11)9-12-3-2-6-15-13(12)14(17)18/h2-3,6,11H,4-5,7-10H2,1H3,(H,17,18). The van der Waals surface area contributed by atoms with E-state index in [1.807, 2.05) is 7.05 Å². The van der Waals surface area contributed by atoms with Crippen molar-refractivity contribution in [1.29, 1.82) is 0 Å². The maximum atomic E-state index is 11.0. The summed E-state index contributed by atoms with van der Waals surface area (Å²) in [6.45, 7) is 2.92. The van der Waals surface area contributed by atoms with Gasteiger partial charge in [-0.25, -0.2) is 9.78 Å². The summed E-state index contributed by atoms with van der Waals surface area (Å²) in [5.74, 6) is -0.198. The van der Waals surface area contributed by atoms with Gasteiger partial charge in [-0.15, -0.1) is 0 Å². The molecule has 0 bridgehead atoms. The molecule has 1 heterocycles. The minimum atomic E-state index is -0.978. The molecular formula is C14H20N2O3. The molecule has 1 N–H and O–H groups in total. The molecule has 1 aliphatic carbocycles. The van der Waals surface area contributed by atoms with E-state index in [0.717, 1.165) is 24.6 Å². The lowest BCUT2D eigenvalue weighted by Crippen LogP contribution is -2.24. The number of carbonyl (C=O) groups is 1. The number of hydrogen-bond donors (Lipinski definition) is 1. The first kappa shape index (κ1) is 14.0. The molecule has 0 unspecified atom stereocenters. The number of rotatable bonds is 8. The van der Waals surface area contributed by atoms with Crippen LogP contribution in [0.15, 0.2) is 18.3 Å². The molecule has 5 heteroatoms. The Balaban J connectivity index is 1.77. The number of ether oxygens (including phenoxy) is 1. The van der Waals surface area contributed by atoms with Gasteiger partial charge in [-0.2, -0.15) is 0 Å². The number of hydrogen-bond acceptors (Lipinski definition) is 4. The Morgan fingerprint density at radius 3 is 3.05 bits per heavy atom. The van der Waals surface area contributed by atoms with Crippen LogP contribution in [0.4, 0.5) is 0 Å². The van der Waals surface area contributed by atoms with E-state index in [-0.39, 0.29) is 5.69 Å². The zero-order valence-electron chi connectivity index (χ0n) is 11.2. The molecule has 5 nitrogen and oxygen atoms in total. The van der Waals surface area contributed by atoms with Crippen molar-refractivity contribution in [3.05, 3.63) is 29.6 Å². The predicted octanol–water partition coefficient (Wildman–Crippen LogP) is 1.64. The molecule has 1 aromatic rings. The molecule has 0 saturated heterocycles. The first-order chi connectivity index (χ1) is 9.16. The van der Waals surface area contributed by atoms with Crippen LogP contribution in [0, 0.1) is 5.92 Å².